The van der Waals surface area contributed by atoms with Gasteiger partial charge in [-0.05, 0) is 24.1 Å². The molecule has 0 saturated carbocycles. The first-order valence-corrected chi connectivity index (χ1v) is 11.4. The molecule has 1 fully saturated rings. The van der Waals surface area contributed by atoms with Crippen LogP contribution in [0.4, 0.5) is 11.5 Å². The summed E-state index contributed by atoms with van der Waals surface area (Å²) < 4.78 is 5.41. The van der Waals surface area contributed by atoms with Gasteiger partial charge in [0.1, 0.15) is 11.5 Å². The van der Waals surface area contributed by atoms with Crippen LogP contribution in [0.25, 0.3) is 10.4 Å². The van der Waals surface area contributed by atoms with Gasteiger partial charge in [0, 0.05) is 37.1 Å². The first kappa shape index (κ1) is 20.6. The van der Waals surface area contributed by atoms with Crippen molar-refractivity contribution in [1.29, 1.82) is 0 Å². The van der Waals surface area contributed by atoms with Crippen LogP contribution in [0.3, 0.4) is 0 Å². The zero-order valence-electron chi connectivity index (χ0n) is 17.7. The Bertz CT molecular complexity index is 1170. The van der Waals surface area contributed by atoms with Crippen molar-refractivity contribution in [3.8, 4) is 10.4 Å². The van der Waals surface area contributed by atoms with Gasteiger partial charge in [-0.25, -0.2) is 4.98 Å². The fraction of sp³-hybridized carbons (Fsp3) is 0.304. The number of anilines is 2. The van der Waals surface area contributed by atoms with Gasteiger partial charge in [0.15, 0.2) is 0 Å². The van der Waals surface area contributed by atoms with Crippen LogP contribution in [0, 0.1) is 0 Å². The van der Waals surface area contributed by atoms with E-state index in [9.17, 15) is 9.59 Å². The Balaban J connectivity index is 1.49. The third-order valence-corrected chi connectivity index (χ3v) is 6.93. The molecule has 4 heterocycles. The molecule has 9 heteroatoms. The van der Waals surface area contributed by atoms with Crippen LogP contribution in [0.1, 0.15) is 25.7 Å². The summed E-state index contributed by atoms with van der Waals surface area (Å²) in [5.74, 6) is 0.419. The average Bonchev–Trinajstić information content (AvgIpc) is 3.22. The molecule has 0 radical (unpaired) electrons. The number of benzene rings is 1. The van der Waals surface area contributed by atoms with Gasteiger partial charge in [0.05, 0.1) is 36.2 Å². The number of fused-ring (bicyclic) bond motifs is 3. The zero-order chi connectivity index (χ0) is 22.1. The van der Waals surface area contributed by atoms with Crippen molar-refractivity contribution in [2.24, 2.45) is 0 Å². The lowest BCUT2D eigenvalue weighted by molar-refractivity contribution is 0.0963. The molecule has 2 amide bonds. The molecule has 0 spiro atoms. The van der Waals surface area contributed by atoms with Crippen LogP contribution in [0.15, 0.2) is 42.7 Å². The Labute approximate surface area is 189 Å². The lowest BCUT2D eigenvalue weighted by Gasteiger charge is -2.28. The van der Waals surface area contributed by atoms with E-state index in [0.29, 0.717) is 42.6 Å². The molecule has 8 nitrogen and oxygen atoms in total. The number of nitrogens with zero attached hydrogens (tertiary/aromatic N) is 4. The molecule has 0 atom stereocenters. The van der Waals surface area contributed by atoms with E-state index in [2.05, 4.69) is 20.2 Å². The minimum Gasteiger partial charge on any atom is -0.378 e. The number of aromatic nitrogens is 2. The number of amides is 2. The summed E-state index contributed by atoms with van der Waals surface area (Å²) in [6.45, 7) is 3.23. The van der Waals surface area contributed by atoms with Gasteiger partial charge in [-0.3, -0.25) is 14.6 Å². The summed E-state index contributed by atoms with van der Waals surface area (Å²) in [5.41, 5.74) is 3.16. The van der Waals surface area contributed by atoms with Crippen molar-refractivity contribution in [3.63, 3.8) is 0 Å². The predicted octanol–water partition coefficient (Wildman–Crippen LogP) is 2.60. The Morgan fingerprint density at radius 1 is 1.12 bits per heavy atom. The number of morpholine rings is 1. The monoisotopic (exact) mass is 449 g/mol. The normalized spacial score (nSPS) is 15.5. The molecule has 164 valence electrons. The van der Waals surface area contributed by atoms with Gasteiger partial charge in [-0.15, -0.1) is 11.3 Å². The maximum Gasteiger partial charge on any atom is 0.278 e. The number of hydrogen-bond acceptors (Lipinski definition) is 7. The van der Waals surface area contributed by atoms with E-state index in [4.69, 9.17) is 4.74 Å². The highest BCUT2D eigenvalue weighted by molar-refractivity contribution is 7.17. The van der Waals surface area contributed by atoms with Crippen molar-refractivity contribution in [1.82, 2.24) is 15.3 Å². The van der Waals surface area contributed by atoms with Gasteiger partial charge >= 0.3 is 0 Å². The zero-order valence-corrected chi connectivity index (χ0v) is 18.5. The van der Waals surface area contributed by atoms with Crippen LogP contribution in [0.5, 0.6) is 0 Å². The van der Waals surface area contributed by atoms with Gasteiger partial charge in [-0.1, -0.05) is 18.2 Å². The Hall–Kier alpha value is -3.30. The third kappa shape index (κ3) is 3.74. The summed E-state index contributed by atoms with van der Waals surface area (Å²) >= 11 is 1.46. The SMILES string of the molecule is CNC(=O)c1cc2c(s1)-c1ccccc1N(C(=O)c1cncc(N3CCOCC3)n1)CC2. The molecule has 1 N–H and O–H groups in total. The van der Waals surface area contributed by atoms with Crippen LogP contribution >= 0.6 is 11.3 Å². The highest BCUT2D eigenvalue weighted by Gasteiger charge is 2.28. The van der Waals surface area contributed by atoms with E-state index in [1.54, 1.807) is 18.1 Å². The Morgan fingerprint density at radius 2 is 1.94 bits per heavy atom. The molecule has 2 aliphatic heterocycles. The highest BCUT2D eigenvalue weighted by Crippen LogP contribution is 2.41. The number of para-hydroxylation sites is 1. The summed E-state index contributed by atoms with van der Waals surface area (Å²) in [6, 6.07) is 9.75. The molecule has 2 aliphatic rings. The number of thiophene rings is 1. The Morgan fingerprint density at radius 3 is 2.75 bits per heavy atom. The maximum atomic E-state index is 13.6. The van der Waals surface area contributed by atoms with Crippen molar-refractivity contribution in [2.75, 3.05) is 49.7 Å². The van der Waals surface area contributed by atoms with E-state index >= 15 is 0 Å². The van der Waals surface area contributed by atoms with Gasteiger partial charge in [-0.2, -0.15) is 0 Å². The maximum absolute atomic E-state index is 13.6. The lowest BCUT2D eigenvalue weighted by Crippen LogP contribution is -2.38. The van der Waals surface area contributed by atoms with Gasteiger partial charge < -0.3 is 19.9 Å². The number of ether oxygens (including phenoxy) is 1. The summed E-state index contributed by atoms with van der Waals surface area (Å²) in [5, 5.41) is 2.69. The predicted molar refractivity (Wildman–Crippen MR) is 124 cm³/mol. The van der Waals surface area contributed by atoms with Gasteiger partial charge in [0.25, 0.3) is 11.8 Å². The second-order valence-electron chi connectivity index (χ2n) is 7.63. The van der Waals surface area contributed by atoms with E-state index in [1.165, 1.54) is 17.5 Å². The van der Waals surface area contributed by atoms with E-state index < -0.39 is 0 Å². The topological polar surface area (TPSA) is 87.7 Å². The highest BCUT2D eigenvalue weighted by atomic mass is 32.1. The van der Waals surface area contributed by atoms with Crippen LogP contribution < -0.4 is 15.1 Å². The van der Waals surface area contributed by atoms with Crippen LogP contribution in [0.2, 0.25) is 0 Å². The summed E-state index contributed by atoms with van der Waals surface area (Å²) in [7, 11) is 1.63. The van der Waals surface area contributed by atoms with E-state index in [0.717, 1.165) is 34.8 Å². The molecule has 1 saturated heterocycles. The summed E-state index contributed by atoms with van der Waals surface area (Å²) in [4.78, 5) is 40.2. The summed E-state index contributed by atoms with van der Waals surface area (Å²) in [6.07, 6.45) is 3.87. The number of nitrogens with one attached hydrogen (secondary N) is 1. The van der Waals surface area contributed by atoms with Gasteiger partial charge in [0.2, 0.25) is 0 Å². The second kappa shape index (κ2) is 8.68. The molecule has 1 aromatic carbocycles. The molecule has 5 rings (SSSR count). The fourth-order valence-electron chi connectivity index (χ4n) is 4.08. The second-order valence-corrected chi connectivity index (χ2v) is 8.68. The minimum absolute atomic E-state index is 0.0938. The number of carbonyl (C=O) groups is 2. The third-order valence-electron chi connectivity index (χ3n) is 5.73. The molecule has 3 aromatic rings. The minimum atomic E-state index is -0.179. The van der Waals surface area contributed by atoms with Crippen molar-refractivity contribution < 1.29 is 14.3 Å². The molecule has 32 heavy (non-hydrogen) atoms. The molecule has 0 aliphatic carbocycles. The van der Waals surface area contributed by atoms with Crippen molar-refractivity contribution in [2.45, 2.75) is 6.42 Å². The van der Waals surface area contributed by atoms with E-state index in [-0.39, 0.29) is 11.8 Å². The molecular weight excluding hydrogens is 426 g/mol. The smallest absolute Gasteiger partial charge is 0.278 e. The van der Waals surface area contributed by atoms with Crippen molar-refractivity contribution >= 4 is 34.7 Å². The van der Waals surface area contributed by atoms with Crippen LogP contribution in [-0.2, 0) is 11.2 Å². The number of carbonyl (C=O) groups excluding carboxylic acids is 2. The fourth-order valence-corrected chi connectivity index (χ4v) is 5.27. The first-order chi connectivity index (χ1) is 15.7. The molecule has 0 bridgehead atoms. The quantitative estimate of drug-likeness (QED) is 0.661. The number of rotatable bonds is 3. The van der Waals surface area contributed by atoms with E-state index in [1.807, 2.05) is 30.3 Å². The van der Waals surface area contributed by atoms with Crippen LogP contribution in [-0.4, -0.2) is 61.7 Å². The molecular formula is C23H23N5O3S. The standard InChI is InChI=1S/C23H23N5O3S/c1-24-22(29)19-12-15-6-7-28(18-5-3-2-4-16(18)21(15)32-19)23(30)17-13-25-14-20(26-17)27-8-10-31-11-9-27/h2-5,12-14H,6-11H2,1H3,(H,24,29). The molecule has 0 unspecified atom stereocenters. The Kier molecular flexibility index (Phi) is 5.59. The van der Waals surface area contributed by atoms with Crippen molar-refractivity contribution in [3.05, 3.63) is 58.9 Å². The average molecular weight is 450 g/mol. The first-order valence-electron chi connectivity index (χ1n) is 10.6. The molecule has 2 aromatic heterocycles. The largest absolute Gasteiger partial charge is 0.378 e. The number of hydrogen-bond donors (Lipinski definition) is 1. The lowest BCUT2D eigenvalue weighted by atomic mass is 10.1.